The van der Waals surface area contributed by atoms with Gasteiger partial charge >= 0.3 is 12.0 Å². The van der Waals surface area contributed by atoms with E-state index in [1.807, 2.05) is 60.8 Å². The Balaban J connectivity index is 1.42. The van der Waals surface area contributed by atoms with Gasteiger partial charge in [-0.2, -0.15) is 5.10 Å². The lowest BCUT2D eigenvalue weighted by molar-refractivity contribution is -0.0500. The van der Waals surface area contributed by atoms with Crippen molar-refractivity contribution in [2.75, 3.05) is 20.2 Å². The lowest BCUT2D eigenvalue weighted by Crippen LogP contribution is -2.49. The van der Waals surface area contributed by atoms with Crippen LogP contribution in [0, 0.1) is 0 Å². The molecule has 0 unspecified atom stereocenters. The van der Waals surface area contributed by atoms with Crippen molar-refractivity contribution in [1.82, 2.24) is 20.1 Å². The zero-order valence-corrected chi connectivity index (χ0v) is 20.4. The summed E-state index contributed by atoms with van der Waals surface area (Å²) in [5.41, 5.74) is 9.10. The Kier molecular flexibility index (Phi) is 6.59. The average molecular weight is 498 g/mol. The molecule has 9 heteroatoms. The summed E-state index contributed by atoms with van der Waals surface area (Å²) in [6.07, 6.45) is 4.41. The number of primary amides is 1. The van der Waals surface area contributed by atoms with Crippen LogP contribution in [0.25, 0.3) is 22.4 Å². The highest BCUT2D eigenvalue weighted by Gasteiger charge is 2.41. The normalized spacial score (nSPS) is 14.7. The molecule has 0 spiro atoms. The third-order valence-corrected chi connectivity index (χ3v) is 6.76. The van der Waals surface area contributed by atoms with Gasteiger partial charge in [0, 0.05) is 43.3 Å². The Bertz CT molecular complexity index is 1380. The summed E-state index contributed by atoms with van der Waals surface area (Å²) in [6, 6.07) is 20.1. The Morgan fingerprint density at radius 1 is 0.946 bits per heavy atom. The van der Waals surface area contributed by atoms with Crippen molar-refractivity contribution in [2.24, 2.45) is 5.73 Å². The van der Waals surface area contributed by atoms with E-state index in [1.165, 1.54) is 0 Å². The molecule has 0 aliphatic carbocycles. The Hall–Kier alpha value is -4.66. The van der Waals surface area contributed by atoms with E-state index < -0.39 is 17.6 Å². The van der Waals surface area contributed by atoms with Gasteiger partial charge in [0.1, 0.15) is 17.0 Å². The summed E-state index contributed by atoms with van der Waals surface area (Å²) in [5, 5.41) is 6.82. The highest BCUT2D eigenvalue weighted by Crippen LogP contribution is 2.38. The van der Waals surface area contributed by atoms with Gasteiger partial charge in [0.05, 0.1) is 19.0 Å². The van der Waals surface area contributed by atoms with E-state index in [0.29, 0.717) is 31.6 Å². The molecule has 0 bridgehead atoms. The number of nitrogens with zero attached hydrogens (tertiary/aromatic N) is 3. The van der Waals surface area contributed by atoms with Crippen LogP contribution in [0.3, 0.4) is 0 Å². The summed E-state index contributed by atoms with van der Waals surface area (Å²) in [6.45, 7) is 0.761. The Morgan fingerprint density at radius 2 is 1.65 bits per heavy atom. The highest BCUT2D eigenvalue weighted by atomic mass is 16.6. The van der Waals surface area contributed by atoms with E-state index >= 15 is 0 Å². The minimum Gasteiger partial charge on any atom is -0.497 e. The minimum atomic E-state index is -0.921. The van der Waals surface area contributed by atoms with Gasteiger partial charge in [-0.25, -0.2) is 14.6 Å². The van der Waals surface area contributed by atoms with Gasteiger partial charge < -0.3 is 20.1 Å². The lowest BCUT2D eigenvalue weighted by atomic mass is 9.83. The summed E-state index contributed by atoms with van der Waals surface area (Å²) < 4.78 is 11.4. The molecule has 188 valence electrons. The van der Waals surface area contributed by atoms with Crippen LogP contribution in [-0.2, 0) is 10.3 Å². The maximum atomic E-state index is 13.4. The molecular formula is C28H27N5O4. The van der Waals surface area contributed by atoms with Crippen LogP contribution in [-0.4, -0.2) is 52.3 Å². The van der Waals surface area contributed by atoms with Crippen molar-refractivity contribution in [3.8, 4) is 28.1 Å². The number of methoxy groups -OCH3 is 1. The number of rotatable bonds is 6. The second kappa shape index (κ2) is 10.1. The molecule has 37 heavy (non-hydrogen) atoms. The van der Waals surface area contributed by atoms with Crippen molar-refractivity contribution in [3.05, 3.63) is 90.4 Å². The number of benzene rings is 2. The molecule has 2 aromatic heterocycles. The van der Waals surface area contributed by atoms with Gasteiger partial charge in [-0.05, 0) is 47.5 Å². The maximum Gasteiger partial charge on any atom is 0.357 e. The number of nitrogens with two attached hydrogens (primary N) is 1. The summed E-state index contributed by atoms with van der Waals surface area (Å²) in [4.78, 5) is 31.3. The number of pyridine rings is 1. The minimum absolute atomic E-state index is 0.208. The van der Waals surface area contributed by atoms with Crippen LogP contribution >= 0.6 is 0 Å². The lowest BCUT2D eigenvalue weighted by Gasteiger charge is -2.41. The average Bonchev–Trinajstić information content (AvgIpc) is 3.49. The van der Waals surface area contributed by atoms with Gasteiger partial charge in [-0.3, -0.25) is 5.10 Å². The molecule has 3 N–H and O–H groups in total. The number of ether oxygens (including phenoxy) is 2. The predicted molar refractivity (Wildman–Crippen MR) is 138 cm³/mol. The molecular weight excluding hydrogens is 470 g/mol. The topological polar surface area (TPSA) is 123 Å². The number of esters is 1. The number of urea groups is 1. The van der Waals surface area contributed by atoms with E-state index in [2.05, 4.69) is 15.2 Å². The van der Waals surface area contributed by atoms with Crippen molar-refractivity contribution < 1.29 is 19.1 Å². The number of piperidine rings is 1. The summed E-state index contributed by atoms with van der Waals surface area (Å²) >= 11 is 0. The van der Waals surface area contributed by atoms with E-state index in [4.69, 9.17) is 15.2 Å². The number of aromatic nitrogens is 3. The molecule has 1 aliphatic rings. The first-order chi connectivity index (χ1) is 18.0. The van der Waals surface area contributed by atoms with E-state index in [-0.39, 0.29) is 5.69 Å². The molecule has 0 radical (unpaired) electrons. The number of nitrogens with one attached hydrogen (secondary N) is 1. The molecule has 1 saturated heterocycles. The third kappa shape index (κ3) is 5.02. The fourth-order valence-corrected chi connectivity index (χ4v) is 4.61. The predicted octanol–water partition coefficient (Wildman–Crippen LogP) is 4.37. The molecule has 2 aromatic carbocycles. The smallest absolute Gasteiger partial charge is 0.357 e. The second-order valence-corrected chi connectivity index (χ2v) is 8.91. The van der Waals surface area contributed by atoms with Crippen LogP contribution < -0.4 is 10.5 Å². The Labute approximate surface area is 214 Å². The Morgan fingerprint density at radius 3 is 2.27 bits per heavy atom. The van der Waals surface area contributed by atoms with Crippen molar-refractivity contribution in [3.63, 3.8) is 0 Å². The number of aromatic amines is 1. The van der Waals surface area contributed by atoms with Crippen molar-refractivity contribution in [1.29, 1.82) is 0 Å². The maximum absolute atomic E-state index is 13.4. The van der Waals surface area contributed by atoms with Gasteiger partial charge in [0.25, 0.3) is 0 Å². The number of carbonyl (C=O) groups excluding carboxylic acids is 2. The highest BCUT2D eigenvalue weighted by molar-refractivity contribution is 5.88. The first kappa shape index (κ1) is 24.1. The van der Waals surface area contributed by atoms with Crippen LogP contribution in [0.5, 0.6) is 5.75 Å². The molecule has 1 aliphatic heterocycles. The van der Waals surface area contributed by atoms with Crippen LogP contribution in [0.15, 0.2) is 79.1 Å². The number of amides is 2. The van der Waals surface area contributed by atoms with Gasteiger partial charge in [0.15, 0.2) is 0 Å². The van der Waals surface area contributed by atoms with E-state index in [9.17, 15) is 9.59 Å². The van der Waals surface area contributed by atoms with Crippen molar-refractivity contribution in [2.45, 2.75) is 18.4 Å². The molecule has 5 rings (SSSR count). The number of hydrogen-bond donors (Lipinski definition) is 2. The quantitative estimate of drug-likeness (QED) is 0.381. The number of H-pyrrole nitrogens is 1. The largest absolute Gasteiger partial charge is 0.497 e. The molecule has 2 amide bonds. The van der Waals surface area contributed by atoms with E-state index in [0.717, 1.165) is 28.0 Å². The standard InChI is InChI=1S/C28H27N5O4/c1-36-23-11-7-20(8-12-23)24-3-2-4-25(32-24)26(34)37-28(13-15-33(16-14-28)27(29)35)22-9-5-19(6-10-22)21-17-30-31-18-21/h2-12,17-18H,13-16H2,1H3,(H2,29,35)(H,30,31). The van der Waals surface area contributed by atoms with Crippen molar-refractivity contribution >= 4 is 12.0 Å². The molecule has 9 nitrogen and oxygen atoms in total. The second-order valence-electron chi connectivity index (χ2n) is 8.91. The molecule has 4 aromatic rings. The summed E-state index contributed by atoms with van der Waals surface area (Å²) in [7, 11) is 1.61. The fourth-order valence-electron chi connectivity index (χ4n) is 4.61. The number of likely N-dealkylation sites (tertiary alicyclic amines) is 1. The van der Waals surface area contributed by atoms with Crippen LogP contribution in [0.2, 0.25) is 0 Å². The fraction of sp³-hybridized carbons (Fsp3) is 0.214. The van der Waals surface area contributed by atoms with Crippen LogP contribution in [0.4, 0.5) is 4.79 Å². The van der Waals surface area contributed by atoms with Crippen LogP contribution in [0.1, 0.15) is 28.9 Å². The molecule has 1 fully saturated rings. The third-order valence-electron chi connectivity index (χ3n) is 6.76. The first-order valence-corrected chi connectivity index (χ1v) is 12.0. The summed E-state index contributed by atoms with van der Waals surface area (Å²) in [5.74, 6) is 0.212. The number of hydrogen-bond acceptors (Lipinski definition) is 6. The zero-order chi connectivity index (χ0) is 25.8. The zero-order valence-electron chi connectivity index (χ0n) is 20.4. The first-order valence-electron chi connectivity index (χ1n) is 12.0. The van der Waals surface area contributed by atoms with Gasteiger partial charge in [-0.1, -0.05) is 30.3 Å². The molecule has 0 saturated carbocycles. The SMILES string of the molecule is COc1ccc(-c2cccc(C(=O)OC3(c4ccc(-c5cn[nH]c5)cc4)CCN(C(N)=O)CC3)n2)cc1. The van der Waals surface area contributed by atoms with E-state index in [1.54, 1.807) is 30.3 Å². The number of carbonyl (C=O) groups is 2. The monoisotopic (exact) mass is 497 g/mol. The molecule has 0 atom stereocenters. The molecule has 3 heterocycles. The van der Waals surface area contributed by atoms with Gasteiger partial charge in [-0.15, -0.1) is 0 Å². The van der Waals surface area contributed by atoms with Gasteiger partial charge in [0.2, 0.25) is 0 Å².